The maximum absolute atomic E-state index is 4.15. The molecule has 0 fully saturated rings. The van der Waals surface area contributed by atoms with Crippen molar-refractivity contribution < 1.29 is 0 Å². The SMILES string of the molecule is SC1C=[C]SC1. The summed E-state index contributed by atoms with van der Waals surface area (Å²) in [6.45, 7) is 0. The first-order valence-corrected chi connectivity index (χ1v) is 3.28. The molecule has 0 aliphatic carbocycles. The van der Waals surface area contributed by atoms with Crippen molar-refractivity contribution in [2.24, 2.45) is 0 Å². The van der Waals surface area contributed by atoms with Gasteiger partial charge in [-0.15, -0.1) is 11.8 Å². The lowest BCUT2D eigenvalue weighted by Gasteiger charge is -1.87. The number of hydrogen-bond acceptors (Lipinski definition) is 2. The van der Waals surface area contributed by atoms with Crippen molar-refractivity contribution in [3.8, 4) is 0 Å². The van der Waals surface area contributed by atoms with Gasteiger partial charge in [-0.05, 0) is 0 Å². The number of thiol groups is 1. The van der Waals surface area contributed by atoms with Crippen molar-refractivity contribution in [1.29, 1.82) is 0 Å². The second kappa shape index (κ2) is 1.94. The highest BCUT2D eigenvalue weighted by Gasteiger charge is 2.01. The van der Waals surface area contributed by atoms with Gasteiger partial charge in [0.2, 0.25) is 0 Å². The molecule has 33 valence electrons. The summed E-state index contributed by atoms with van der Waals surface area (Å²) >= 11 is 5.85. The lowest BCUT2D eigenvalue weighted by molar-refractivity contribution is 1.31. The molecule has 1 unspecified atom stereocenters. The van der Waals surface area contributed by atoms with Crippen LogP contribution in [0, 0.1) is 5.41 Å². The Hall–Kier alpha value is 0.440. The molecule has 0 bridgehead atoms. The first kappa shape index (κ1) is 4.60. The molecule has 0 aromatic heterocycles. The van der Waals surface area contributed by atoms with Crippen LogP contribution in [0.5, 0.6) is 0 Å². The van der Waals surface area contributed by atoms with E-state index in [0.29, 0.717) is 5.25 Å². The Balaban J connectivity index is 2.38. The highest BCUT2D eigenvalue weighted by Crippen LogP contribution is 2.16. The smallest absolute Gasteiger partial charge is 0.0305 e. The molecular formula is C4H5S2. The zero-order valence-electron chi connectivity index (χ0n) is 3.22. The average Bonchev–Trinajstić information content (AvgIpc) is 1.86. The molecule has 1 radical (unpaired) electrons. The van der Waals surface area contributed by atoms with Crippen molar-refractivity contribution >= 4 is 24.4 Å². The van der Waals surface area contributed by atoms with Gasteiger partial charge in [0, 0.05) is 16.4 Å². The highest BCUT2D eigenvalue weighted by atomic mass is 32.2. The Morgan fingerprint density at radius 1 is 2.00 bits per heavy atom. The van der Waals surface area contributed by atoms with Crippen LogP contribution < -0.4 is 0 Å². The summed E-state index contributed by atoms with van der Waals surface area (Å²) < 4.78 is 0. The molecule has 1 atom stereocenters. The van der Waals surface area contributed by atoms with E-state index >= 15 is 0 Å². The molecule has 0 nitrogen and oxygen atoms in total. The molecule has 2 heteroatoms. The Labute approximate surface area is 47.4 Å². The van der Waals surface area contributed by atoms with Gasteiger partial charge in [0.1, 0.15) is 0 Å². The third-order valence-corrected chi connectivity index (χ3v) is 2.01. The molecule has 0 spiro atoms. The van der Waals surface area contributed by atoms with E-state index < -0.39 is 0 Å². The van der Waals surface area contributed by atoms with E-state index in [4.69, 9.17) is 0 Å². The zero-order valence-corrected chi connectivity index (χ0v) is 4.93. The highest BCUT2D eigenvalue weighted by molar-refractivity contribution is 8.02. The summed E-state index contributed by atoms with van der Waals surface area (Å²) in [4.78, 5) is 0. The topological polar surface area (TPSA) is 0 Å². The fraction of sp³-hybridized carbons (Fsp3) is 0.500. The van der Waals surface area contributed by atoms with Crippen LogP contribution in [-0.4, -0.2) is 11.0 Å². The fourth-order valence-corrected chi connectivity index (χ4v) is 1.33. The maximum atomic E-state index is 4.15. The van der Waals surface area contributed by atoms with Gasteiger partial charge >= 0.3 is 0 Å². The molecule has 1 aliphatic rings. The van der Waals surface area contributed by atoms with Crippen molar-refractivity contribution in [2.45, 2.75) is 5.25 Å². The van der Waals surface area contributed by atoms with Crippen LogP contribution in [0.15, 0.2) is 6.08 Å². The molecule has 0 saturated carbocycles. The van der Waals surface area contributed by atoms with E-state index in [1.54, 1.807) is 11.8 Å². The lowest BCUT2D eigenvalue weighted by atomic mass is 10.5. The van der Waals surface area contributed by atoms with Crippen molar-refractivity contribution in [3.63, 3.8) is 0 Å². The van der Waals surface area contributed by atoms with E-state index in [1.165, 1.54) is 0 Å². The summed E-state index contributed by atoms with van der Waals surface area (Å²) in [6, 6.07) is 0. The van der Waals surface area contributed by atoms with E-state index in [9.17, 15) is 0 Å². The Bertz CT molecular complexity index is 67.9. The average molecular weight is 117 g/mol. The quantitative estimate of drug-likeness (QED) is 0.467. The number of hydrogen-bond donors (Lipinski definition) is 1. The van der Waals surface area contributed by atoms with Crippen LogP contribution in [0.4, 0.5) is 0 Å². The van der Waals surface area contributed by atoms with E-state index in [-0.39, 0.29) is 0 Å². The van der Waals surface area contributed by atoms with Gasteiger partial charge in [-0.2, -0.15) is 12.6 Å². The van der Waals surface area contributed by atoms with Crippen LogP contribution in [0.1, 0.15) is 0 Å². The Kier molecular flexibility index (Phi) is 1.48. The second-order valence-corrected chi connectivity index (χ2v) is 2.68. The van der Waals surface area contributed by atoms with Gasteiger partial charge in [-0.1, -0.05) is 6.08 Å². The second-order valence-electron chi connectivity index (χ2n) is 1.16. The zero-order chi connectivity index (χ0) is 4.41. The molecule has 1 heterocycles. The van der Waals surface area contributed by atoms with Gasteiger partial charge < -0.3 is 0 Å². The van der Waals surface area contributed by atoms with E-state index in [2.05, 4.69) is 18.0 Å². The third kappa shape index (κ3) is 0.949. The normalized spacial score (nSPS) is 31.8. The first-order valence-electron chi connectivity index (χ1n) is 1.78. The molecule has 1 aliphatic heterocycles. The van der Waals surface area contributed by atoms with Crippen molar-refractivity contribution in [2.75, 3.05) is 5.75 Å². The van der Waals surface area contributed by atoms with Crippen LogP contribution in [0.2, 0.25) is 0 Å². The van der Waals surface area contributed by atoms with Gasteiger partial charge in [-0.3, -0.25) is 0 Å². The predicted molar refractivity (Wildman–Crippen MR) is 33.0 cm³/mol. The minimum atomic E-state index is 0.468. The number of rotatable bonds is 0. The van der Waals surface area contributed by atoms with Gasteiger partial charge in [0.25, 0.3) is 0 Å². The number of thioether (sulfide) groups is 1. The maximum Gasteiger partial charge on any atom is 0.0305 e. The molecule has 0 aromatic carbocycles. The minimum absolute atomic E-state index is 0.468. The van der Waals surface area contributed by atoms with Gasteiger partial charge in [0.05, 0.1) is 0 Å². The summed E-state index contributed by atoms with van der Waals surface area (Å²) in [6.07, 6.45) is 1.98. The van der Waals surface area contributed by atoms with Crippen LogP contribution >= 0.6 is 24.4 Å². The Morgan fingerprint density at radius 3 is 3.00 bits per heavy atom. The molecule has 1 rings (SSSR count). The summed E-state index contributed by atoms with van der Waals surface area (Å²) in [5.41, 5.74) is 0. The minimum Gasteiger partial charge on any atom is -0.171 e. The molecular weight excluding hydrogens is 112 g/mol. The third-order valence-electron chi connectivity index (χ3n) is 0.598. The monoisotopic (exact) mass is 117 g/mol. The molecule has 6 heavy (non-hydrogen) atoms. The summed E-state index contributed by atoms with van der Waals surface area (Å²) in [5, 5.41) is 3.45. The standard InChI is InChI=1S/C4H5S2/c5-4-1-2-6-3-4/h1,4-5H,3H2. The summed E-state index contributed by atoms with van der Waals surface area (Å²) in [5.74, 6) is 1.10. The van der Waals surface area contributed by atoms with Crippen LogP contribution in [-0.2, 0) is 0 Å². The first-order chi connectivity index (χ1) is 2.89. The molecule has 0 amide bonds. The largest absolute Gasteiger partial charge is 0.171 e. The van der Waals surface area contributed by atoms with Crippen molar-refractivity contribution in [1.82, 2.24) is 0 Å². The van der Waals surface area contributed by atoms with Crippen molar-refractivity contribution in [3.05, 3.63) is 11.5 Å². The summed E-state index contributed by atoms with van der Waals surface area (Å²) in [7, 11) is 0. The molecule has 0 aromatic rings. The molecule has 0 N–H and O–H groups in total. The fourth-order valence-electron chi connectivity index (χ4n) is 0.308. The predicted octanol–water partition coefficient (Wildman–Crippen LogP) is 1.35. The lowest BCUT2D eigenvalue weighted by Crippen LogP contribution is -1.88. The van der Waals surface area contributed by atoms with Crippen LogP contribution in [0.3, 0.4) is 0 Å². The van der Waals surface area contributed by atoms with Crippen LogP contribution in [0.25, 0.3) is 0 Å². The van der Waals surface area contributed by atoms with E-state index in [1.807, 2.05) is 6.08 Å². The van der Waals surface area contributed by atoms with Gasteiger partial charge in [0.15, 0.2) is 0 Å². The van der Waals surface area contributed by atoms with E-state index in [0.717, 1.165) is 5.75 Å². The van der Waals surface area contributed by atoms with Gasteiger partial charge in [-0.25, -0.2) is 0 Å². The molecule has 0 saturated heterocycles. The Morgan fingerprint density at radius 2 is 2.83 bits per heavy atom.